The van der Waals surface area contributed by atoms with Crippen LogP contribution in [-0.4, -0.2) is 42.9 Å². The van der Waals surface area contributed by atoms with E-state index in [2.05, 4.69) is 9.73 Å². The highest BCUT2D eigenvalue weighted by Crippen LogP contribution is 2.40. The van der Waals surface area contributed by atoms with Crippen LogP contribution in [0, 0.1) is 0 Å². The number of methoxy groups -OCH3 is 1. The van der Waals surface area contributed by atoms with E-state index in [0.29, 0.717) is 43.4 Å². The smallest absolute Gasteiger partial charge is 0.337 e. The molecule has 0 spiro atoms. The molecule has 0 radical (unpaired) electrons. The number of halogens is 1. The van der Waals surface area contributed by atoms with E-state index in [9.17, 15) is 9.59 Å². The third kappa shape index (κ3) is 3.81. The standard InChI is InChI=1S/C20H15ClN2O5S/c1-23-18(24)17(8-12-7-15-16(9-14(12)21)28-10-27-15)29-20(23)22-13-5-3-11(4-6-13)19(25)26-2/h3-9H,10H2,1-2H3/b17-8-,22-20?. The van der Waals surface area contributed by atoms with Gasteiger partial charge in [0.15, 0.2) is 16.7 Å². The quantitative estimate of drug-likeness (QED) is 0.539. The number of carbonyl (C=O) groups is 2. The van der Waals surface area contributed by atoms with Crippen LogP contribution >= 0.6 is 23.4 Å². The van der Waals surface area contributed by atoms with Gasteiger partial charge in [-0.2, -0.15) is 0 Å². The Morgan fingerprint density at radius 2 is 1.93 bits per heavy atom. The SMILES string of the molecule is COC(=O)c1ccc(N=C2S/C(=C\c3cc4c(cc3Cl)OCO4)C(=O)N2C)cc1. The van der Waals surface area contributed by atoms with Gasteiger partial charge in [-0.3, -0.25) is 9.69 Å². The Balaban J connectivity index is 1.60. The van der Waals surface area contributed by atoms with Gasteiger partial charge < -0.3 is 14.2 Å². The highest BCUT2D eigenvalue weighted by molar-refractivity contribution is 8.18. The molecule has 0 atom stereocenters. The van der Waals surface area contributed by atoms with Crippen LogP contribution in [0.15, 0.2) is 46.3 Å². The van der Waals surface area contributed by atoms with Crippen molar-refractivity contribution in [2.45, 2.75) is 0 Å². The van der Waals surface area contributed by atoms with Gasteiger partial charge in [0.05, 0.1) is 28.3 Å². The predicted molar refractivity (Wildman–Crippen MR) is 111 cm³/mol. The molecule has 2 aromatic carbocycles. The largest absolute Gasteiger partial charge is 0.465 e. The molecule has 29 heavy (non-hydrogen) atoms. The molecule has 7 nitrogen and oxygen atoms in total. The lowest BCUT2D eigenvalue weighted by Gasteiger charge is -2.07. The van der Waals surface area contributed by atoms with Crippen LogP contribution in [0.5, 0.6) is 11.5 Å². The summed E-state index contributed by atoms with van der Waals surface area (Å²) in [5, 5.41) is 0.977. The summed E-state index contributed by atoms with van der Waals surface area (Å²) < 4.78 is 15.4. The van der Waals surface area contributed by atoms with Gasteiger partial charge in [0.25, 0.3) is 5.91 Å². The number of hydrogen-bond donors (Lipinski definition) is 0. The Labute approximate surface area is 175 Å². The average Bonchev–Trinajstić information content (AvgIpc) is 3.28. The Morgan fingerprint density at radius 3 is 2.62 bits per heavy atom. The van der Waals surface area contributed by atoms with E-state index in [1.807, 2.05) is 0 Å². The van der Waals surface area contributed by atoms with Crippen LogP contribution in [0.25, 0.3) is 6.08 Å². The van der Waals surface area contributed by atoms with Gasteiger partial charge >= 0.3 is 5.97 Å². The Morgan fingerprint density at radius 1 is 1.24 bits per heavy atom. The minimum Gasteiger partial charge on any atom is -0.465 e. The molecule has 1 saturated heterocycles. The molecule has 4 rings (SSSR count). The molecule has 2 aliphatic rings. The molecular weight excluding hydrogens is 416 g/mol. The number of likely N-dealkylation sites (N-methyl/N-ethyl adjacent to an activating group) is 1. The van der Waals surface area contributed by atoms with E-state index in [-0.39, 0.29) is 12.7 Å². The molecule has 1 amide bonds. The van der Waals surface area contributed by atoms with E-state index in [1.54, 1.807) is 49.5 Å². The fourth-order valence-corrected chi connectivity index (χ4v) is 3.92. The number of fused-ring (bicyclic) bond motifs is 1. The Kier molecular flexibility index (Phi) is 5.21. The van der Waals surface area contributed by atoms with Crippen LogP contribution < -0.4 is 9.47 Å². The fourth-order valence-electron chi connectivity index (χ4n) is 2.74. The highest BCUT2D eigenvalue weighted by Gasteiger charge is 2.31. The molecule has 1 fully saturated rings. The second-order valence-corrected chi connectivity index (χ2v) is 7.55. The third-order valence-electron chi connectivity index (χ3n) is 4.30. The van der Waals surface area contributed by atoms with Gasteiger partial charge in [-0.05, 0) is 53.7 Å². The van der Waals surface area contributed by atoms with Crippen molar-refractivity contribution in [3.63, 3.8) is 0 Å². The van der Waals surface area contributed by atoms with Crippen molar-refractivity contribution in [2.24, 2.45) is 4.99 Å². The van der Waals surface area contributed by atoms with Crippen LogP contribution in [0.1, 0.15) is 15.9 Å². The molecule has 9 heteroatoms. The first-order valence-corrected chi connectivity index (χ1v) is 9.69. The summed E-state index contributed by atoms with van der Waals surface area (Å²) >= 11 is 7.55. The summed E-state index contributed by atoms with van der Waals surface area (Å²) in [5.74, 6) is 0.563. The van der Waals surface area contributed by atoms with Crippen molar-refractivity contribution in [3.8, 4) is 11.5 Å². The number of carbonyl (C=O) groups excluding carboxylic acids is 2. The Hall–Kier alpha value is -2.97. The number of hydrogen-bond acceptors (Lipinski definition) is 7. The first kappa shape index (κ1) is 19.4. The number of thioether (sulfide) groups is 1. The lowest BCUT2D eigenvalue weighted by molar-refractivity contribution is -0.121. The van der Waals surface area contributed by atoms with Crippen molar-refractivity contribution in [3.05, 3.63) is 57.5 Å². The average molecular weight is 431 g/mol. The number of benzene rings is 2. The maximum atomic E-state index is 12.6. The number of amidine groups is 1. The van der Waals surface area contributed by atoms with Crippen molar-refractivity contribution >= 4 is 52.2 Å². The monoisotopic (exact) mass is 430 g/mol. The van der Waals surface area contributed by atoms with Crippen molar-refractivity contribution in [1.82, 2.24) is 4.90 Å². The fraction of sp³-hybridized carbons (Fsp3) is 0.150. The Bertz CT molecular complexity index is 1070. The van der Waals surface area contributed by atoms with E-state index >= 15 is 0 Å². The van der Waals surface area contributed by atoms with E-state index in [1.165, 1.54) is 23.8 Å². The molecule has 0 saturated carbocycles. The zero-order chi connectivity index (χ0) is 20.5. The molecule has 0 aliphatic carbocycles. The van der Waals surface area contributed by atoms with Crippen LogP contribution in [0.2, 0.25) is 5.02 Å². The summed E-state index contributed by atoms with van der Waals surface area (Å²) in [5.41, 5.74) is 1.70. The van der Waals surface area contributed by atoms with E-state index < -0.39 is 5.97 Å². The van der Waals surface area contributed by atoms with Crippen LogP contribution in [-0.2, 0) is 9.53 Å². The number of ether oxygens (including phenoxy) is 3. The third-order valence-corrected chi connectivity index (χ3v) is 5.68. The summed E-state index contributed by atoms with van der Waals surface area (Å²) in [7, 11) is 2.98. The predicted octanol–water partition coefficient (Wildman–Crippen LogP) is 4.09. The maximum absolute atomic E-state index is 12.6. The topological polar surface area (TPSA) is 77.4 Å². The molecule has 2 aromatic rings. The lowest BCUT2D eigenvalue weighted by atomic mass is 10.2. The van der Waals surface area contributed by atoms with Gasteiger partial charge in [-0.15, -0.1) is 0 Å². The van der Waals surface area contributed by atoms with E-state index in [0.717, 1.165) is 0 Å². The van der Waals surface area contributed by atoms with Crippen molar-refractivity contribution in [1.29, 1.82) is 0 Å². The molecule has 148 valence electrons. The zero-order valence-electron chi connectivity index (χ0n) is 15.5. The molecular formula is C20H15ClN2O5S. The first-order chi connectivity index (χ1) is 14.0. The number of esters is 1. The molecule has 0 aromatic heterocycles. The minimum absolute atomic E-state index is 0.147. The van der Waals surface area contributed by atoms with Gasteiger partial charge in [-0.25, -0.2) is 9.79 Å². The first-order valence-electron chi connectivity index (χ1n) is 8.50. The maximum Gasteiger partial charge on any atom is 0.337 e. The van der Waals surface area contributed by atoms with Crippen LogP contribution in [0.4, 0.5) is 5.69 Å². The number of aliphatic imine (C=N–C) groups is 1. The number of rotatable bonds is 3. The molecule has 0 bridgehead atoms. The summed E-state index contributed by atoms with van der Waals surface area (Å²) in [6.07, 6.45) is 1.71. The lowest BCUT2D eigenvalue weighted by Crippen LogP contribution is -2.23. The second kappa shape index (κ2) is 7.81. The summed E-state index contributed by atoms with van der Waals surface area (Å²) in [6, 6.07) is 10.0. The normalized spacial score (nSPS) is 18.0. The van der Waals surface area contributed by atoms with Gasteiger partial charge in [0.2, 0.25) is 6.79 Å². The molecule has 2 aliphatic heterocycles. The van der Waals surface area contributed by atoms with Crippen molar-refractivity contribution < 1.29 is 23.8 Å². The second-order valence-electron chi connectivity index (χ2n) is 6.13. The molecule has 0 N–H and O–H groups in total. The van der Waals surface area contributed by atoms with E-state index in [4.69, 9.17) is 21.1 Å². The van der Waals surface area contributed by atoms with Crippen molar-refractivity contribution in [2.75, 3.05) is 21.0 Å². The number of amides is 1. The van der Waals surface area contributed by atoms with Gasteiger partial charge in [0.1, 0.15) is 0 Å². The zero-order valence-corrected chi connectivity index (χ0v) is 17.0. The minimum atomic E-state index is -0.419. The van der Waals surface area contributed by atoms with Crippen LogP contribution in [0.3, 0.4) is 0 Å². The molecule has 2 heterocycles. The summed E-state index contributed by atoms with van der Waals surface area (Å²) in [4.78, 5) is 30.6. The number of nitrogens with zero attached hydrogens (tertiary/aromatic N) is 2. The molecule has 0 unspecified atom stereocenters. The van der Waals surface area contributed by atoms with Gasteiger partial charge in [0, 0.05) is 13.1 Å². The highest BCUT2D eigenvalue weighted by atomic mass is 35.5. The van der Waals surface area contributed by atoms with Gasteiger partial charge in [-0.1, -0.05) is 11.6 Å². The summed E-state index contributed by atoms with van der Waals surface area (Å²) in [6.45, 7) is 0.147.